The Hall–Kier alpha value is 0.420. The van der Waals surface area contributed by atoms with E-state index in [0.29, 0.717) is 39.6 Å². The summed E-state index contributed by atoms with van der Waals surface area (Å²) in [7, 11) is -4.28. The highest BCUT2D eigenvalue weighted by Crippen LogP contribution is 2.48. The SMILES string of the molecule is CCOP(=O)(OCC)OCC.CCOP(OCC)OCC. The van der Waals surface area contributed by atoms with E-state index in [0.717, 1.165) is 0 Å². The lowest BCUT2D eigenvalue weighted by atomic mass is 10.9. The van der Waals surface area contributed by atoms with Crippen LogP contribution in [-0.4, -0.2) is 39.6 Å². The summed E-state index contributed by atoms with van der Waals surface area (Å²) in [6, 6.07) is 0. The Morgan fingerprint density at radius 1 is 0.619 bits per heavy atom. The molecule has 0 saturated carbocycles. The van der Waals surface area contributed by atoms with Crippen LogP contribution in [0.1, 0.15) is 41.5 Å². The summed E-state index contributed by atoms with van der Waals surface area (Å²) in [6.07, 6.45) is 0. The van der Waals surface area contributed by atoms with Crippen molar-refractivity contribution in [3.05, 3.63) is 0 Å². The molecule has 0 spiro atoms. The van der Waals surface area contributed by atoms with Crippen LogP contribution in [0.2, 0.25) is 0 Å². The van der Waals surface area contributed by atoms with Gasteiger partial charge in [-0.3, -0.25) is 13.6 Å². The predicted molar refractivity (Wildman–Crippen MR) is 84.3 cm³/mol. The second-order valence-corrected chi connectivity index (χ2v) is 6.07. The molecule has 0 aliphatic carbocycles. The van der Waals surface area contributed by atoms with Crippen LogP contribution >= 0.6 is 16.4 Å². The van der Waals surface area contributed by atoms with Gasteiger partial charge in [0, 0.05) is 0 Å². The molecular formula is C12H30O7P2. The fourth-order valence-electron chi connectivity index (χ4n) is 1.01. The highest BCUT2D eigenvalue weighted by Gasteiger charge is 2.23. The van der Waals surface area contributed by atoms with E-state index >= 15 is 0 Å². The first-order chi connectivity index (χ1) is 10.0. The van der Waals surface area contributed by atoms with Crippen molar-refractivity contribution in [1.29, 1.82) is 0 Å². The zero-order valence-corrected chi connectivity index (χ0v) is 15.8. The second-order valence-electron chi connectivity index (χ2n) is 3.18. The highest BCUT2D eigenvalue weighted by molar-refractivity contribution is 7.48. The van der Waals surface area contributed by atoms with Gasteiger partial charge in [-0.15, -0.1) is 0 Å². The molecule has 9 heteroatoms. The largest absolute Gasteiger partial charge is 0.474 e. The average Bonchev–Trinajstić information content (AvgIpc) is 2.41. The summed E-state index contributed by atoms with van der Waals surface area (Å²) >= 11 is 0. The molecule has 0 aliphatic rings. The minimum absolute atomic E-state index is 0.331. The number of phosphoric ester groups is 1. The Labute approximate surface area is 130 Å². The maximum Gasteiger partial charge on any atom is 0.474 e. The quantitative estimate of drug-likeness (QED) is 0.480. The van der Waals surface area contributed by atoms with E-state index in [1.807, 2.05) is 20.8 Å². The van der Waals surface area contributed by atoms with Crippen LogP contribution in [0.15, 0.2) is 0 Å². The molecule has 0 amide bonds. The van der Waals surface area contributed by atoms with Crippen molar-refractivity contribution in [2.75, 3.05) is 39.6 Å². The zero-order chi connectivity index (χ0) is 16.6. The topological polar surface area (TPSA) is 72.5 Å². The molecule has 0 bridgehead atoms. The average molecular weight is 348 g/mol. The van der Waals surface area contributed by atoms with Gasteiger partial charge in [0.25, 0.3) is 0 Å². The molecule has 0 unspecified atom stereocenters. The number of hydrogen-bond donors (Lipinski definition) is 0. The van der Waals surface area contributed by atoms with E-state index in [2.05, 4.69) is 0 Å². The van der Waals surface area contributed by atoms with Crippen LogP contribution < -0.4 is 0 Å². The first-order valence-corrected chi connectivity index (χ1v) is 9.81. The molecule has 0 saturated heterocycles. The standard InChI is InChI=1S/C6H15O4P.C6H15O3P/c1-4-8-11(7,9-5-2)10-6-3;1-4-7-10(8-5-2)9-6-3/h4-6H2,1-3H3;4-6H2,1-3H3. The third-order valence-electron chi connectivity index (χ3n) is 1.57. The number of phosphoric acid groups is 1. The van der Waals surface area contributed by atoms with Gasteiger partial charge in [-0.05, 0) is 41.5 Å². The van der Waals surface area contributed by atoms with Crippen molar-refractivity contribution in [3.8, 4) is 0 Å². The van der Waals surface area contributed by atoms with Crippen molar-refractivity contribution >= 4 is 16.4 Å². The van der Waals surface area contributed by atoms with E-state index in [9.17, 15) is 4.57 Å². The molecule has 130 valence electrons. The van der Waals surface area contributed by atoms with Gasteiger partial charge >= 0.3 is 16.4 Å². The Balaban J connectivity index is 0. The maximum atomic E-state index is 11.3. The molecule has 0 fully saturated rings. The molecule has 0 rings (SSSR count). The van der Waals surface area contributed by atoms with Crippen LogP contribution in [-0.2, 0) is 31.7 Å². The molecule has 0 atom stereocenters. The molecule has 0 aromatic carbocycles. The van der Waals surface area contributed by atoms with E-state index < -0.39 is 16.4 Å². The fraction of sp³-hybridized carbons (Fsp3) is 1.00. The van der Waals surface area contributed by atoms with Gasteiger partial charge in [0.05, 0.1) is 39.6 Å². The highest BCUT2D eigenvalue weighted by atomic mass is 31.2. The maximum absolute atomic E-state index is 11.3. The Kier molecular flexibility index (Phi) is 18.9. The predicted octanol–water partition coefficient (Wildman–Crippen LogP) is 4.53. The van der Waals surface area contributed by atoms with Gasteiger partial charge < -0.3 is 13.6 Å². The molecule has 0 heterocycles. The third-order valence-corrected chi connectivity index (χ3v) is 4.70. The smallest absolute Gasteiger partial charge is 0.313 e. The third kappa shape index (κ3) is 15.1. The van der Waals surface area contributed by atoms with E-state index in [4.69, 9.17) is 27.1 Å². The first kappa shape index (κ1) is 23.7. The summed E-state index contributed by atoms with van der Waals surface area (Å²) in [5.41, 5.74) is 0. The zero-order valence-electron chi connectivity index (χ0n) is 14.0. The molecule has 0 N–H and O–H groups in total. The minimum atomic E-state index is -3.22. The second kappa shape index (κ2) is 16.8. The lowest BCUT2D eigenvalue weighted by Gasteiger charge is -2.14. The van der Waals surface area contributed by atoms with Gasteiger partial charge in [0.2, 0.25) is 0 Å². The van der Waals surface area contributed by atoms with Gasteiger partial charge in [0.15, 0.2) is 0 Å². The van der Waals surface area contributed by atoms with Gasteiger partial charge in [-0.25, -0.2) is 4.57 Å². The molecule has 0 aromatic heterocycles. The molecule has 0 radical (unpaired) electrons. The van der Waals surface area contributed by atoms with Crippen molar-refractivity contribution in [2.45, 2.75) is 41.5 Å². The van der Waals surface area contributed by atoms with Crippen molar-refractivity contribution in [3.63, 3.8) is 0 Å². The van der Waals surface area contributed by atoms with E-state index in [1.54, 1.807) is 20.8 Å². The van der Waals surface area contributed by atoms with Crippen LogP contribution in [0, 0.1) is 0 Å². The number of rotatable bonds is 12. The monoisotopic (exact) mass is 348 g/mol. The summed E-state index contributed by atoms with van der Waals surface area (Å²) in [5, 5.41) is 0. The first-order valence-electron chi connectivity index (χ1n) is 7.25. The van der Waals surface area contributed by atoms with Crippen molar-refractivity contribution in [2.24, 2.45) is 0 Å². The molecule has 0 aromatic rings. The molecule has 21 heavy (non-hydrogen) atoms. The van der Waals surface area contributed by atoms with Crippen molar-refractivity contribution in [1.82, 2.24) is 0 Å². The van der Waals surface area contributed by atoms with Crippen LogP contribution in [0.4, 0.5) is 0 Å². The summed E-state index contributed by atoms with van der Waals surface area (Å²) in [5.74, 6) is 0. The van der Waals surface area contributed by atoms with Crippen molar-refractivity contribution < 1.29 is 31.7 Å². The minimum Gasteiger partial charge on any atom is -0.313 e. The molecule has 0 aliphatic heterocycles. The normalized spacial score (nSPS) is 11.4. The fourth-order valence-corrected chi connectivity index (χ4v) is 3.04. The van der Waals surface area contributed by atoms with Crippen LogP contribution in [0.5, 0.6) is 0 Å². The van der Waals surface area contributed by atoms with Crippen LogP contribution in [0.3, 0.4) is 0 Å². The summed E-state index contributed by atoms with van der Waals surface area (Å²) in [6.45, 7) is 13.9. The van der Waals surface area contributed by atoms with Gasteiger partial charge in [0.1, 0.15) is 0 Å². The Bertz CT molecular complexity index is 216. The van der Waals surface area contributed by atoms with Gasteiger partial charge in [-0.1, -0.05) is 0 Å². The lowest BCUT2D eigenvalue weighted by Crippen LogP contribution is -1.99. The van der Waals surface area contributed by atoms with Gasteiger partial charge in [-0.2, -0.15) is 0 Å². The Morgan fingerprint density at radius 3 is 1.10 bits per heavy atom. The lowest BCUT2D eigenvalue weighted by molar-refractivity contribution is 0.126. The molecule has 7 nitrogen and oxygen atoms in total. The number of hydrogen-bond acceptors (Lipinski definition) is 7. The van der Waals surface area contributed by atoms with E-state index in [-0.39, 0.29) is 0 Å². The van der Waals surface area contributed by atoms with Crippen LogP contribution in [0.25, 0.3) is 0 Å². The van der Waals surface area contributed by atoms with E-state index in [1.165, 1.54) is 0 Å². The molecular weight excluding hydrogens is 318 g/mol. The summed E-state index contributed by atoms with van der Waals surface area (Å²) in [4.78, 5) is 0. The summed E-state index contributed by atoms with van der Waals surface area (Å²) < 4.78 is 41.2. The Morgan fingerprint density at radius 2 is 0.905 bits per heavy atom.